The molecule has 0 heterocycles. The number of carbonyl (C=O) groups is 1. The zero-order valence-electron chi connectivity index (χ0n) is 13.0. The summed E-state index contributed by atoms with van der Waals surface area (Å²) >= 11 is 0. The van der Waals surface area contributed by atoms with Crippen molar-refractivity contribution in [3.8, 4) is 0 Å². The van der Waals surface area contributed by atoms with E-state index in [9.17, 15) is 63.2 Å². The van der Waals surface area contributed by atoms with Crippen molar-refractivity contribution >= 4 is 17.3 Å². The van der Waals surface area contributed by atoms with Crippen LogP contribution in [0.4, 0.5) is 59.7 Å². The highest BCUT2D eigenvalue weighted by molar-refractivity contribution is 5.97. The van der Waals surface area contributed by atoms with Gasteiger partial charge in [0, 0.05) is 17.8 Å². The Morgan fingerprint density at radius 3 is 1.86 bits per heavy atom. The van der Waals surface area contributed by atoms with Crippen molar-refractivity contribution in [1.82, 2.24) is 0 Å². The number of rotatable bonds is 6. The van der Waals surface area contributed by atoms with Gasteiger partial charge in [-0.05, 0) is 6.07 Å². The molecule has 0 saturated heterocycles. The Morgan fingerprint density at radius 2 is 1.45 bits per heavy atom. The van der Waals surface area contributed by atoms with Crippen LogP contribution in [-0.4, -0.2) is 41.1 Å². The molecule has 164 valence electrons. The minimum atomic E-state index is -7.32. The molecule has 0 aromatic heterocycles. The number of nitro groups is 1. The maximum absolute atomic E-state index is 14.0. The van der Waals surface area contributed by atoms with Gasteiger partial charge in [0.15, 0.2) is 0 Å². The van der Waals surface area contributed by atoms with Gasteiger partial charge in [-0.2, -0.15) is 48.3 Å². The summed E-state index contributed by atoms with van der Waals surface area (Å²) in [5.41, 5.74) is -1.92. The van der Waals surface area contributed by atoms with Crippen molar-refractivity contribution in [3.63, 3.8) is 0 Å². The molecule has 6 nitrogen and oxygen atoms in total. The number of nitro benzene ring substituents is 1. The molecule has 0 saturated carbocycles. The van der Waals surface area contributed by atoms with E-state index in [-0.39, 0.29) is 0 Å². The van der Waals surface area contributed by atoms with E-state index < -0.39 is 52.4 Å². The largest absolute Gasteiger partial charge is 0.462 e. The lowest BCUT2D eigenvalue weighted by molar-refractivity contribution is -0.472. The van der Waals surface area contributed by atoms with Gasteiger partial charge < -0.3 is 5.32 Å². The van der Waals surface area contributed by atoms with Crippen LogP contribution in [0.15, 0.2) is 24.3 Å². The van der Waals surface area contributed by atoms with Gasteiger partial charge in [-0.1, -0.05) is 6.07 Å². The van der Waals surface area contributed by atoms with Crippen LogP contribution in [0.1, 0.15) is 0 Å². The second-order valence-electron chi connectivity index (χ2n) is 5.05. The Balaban J connectivity index is 3.33. The van der Waals surface area contributed by atoms with Crippen molar-refractivity contribution in [1.29, 1.82) is 0 Å². The number of alkyl halides is 11. The van der Waals surface area contributed by atoms with Gasteiger partial charge in [0.1, 0.15) is 0 Å². The van der Waals surface area contributed by atoms with Crippen molar-refractivity contribution < 1.29 is 62.7 Å². The van der Waals surface area contributed by atoms with Crippen LogP contribution in [0.2, 0.25) is 0 Å². The van der Waals surface area contributed by atoms with Gasteiger partial charge in [-0.15, -0.1) is 0 Å². The van der Waals surface area contributed by atoms with Crippen LogP contribution in [0.5, 0.6) is 0 Å². The number of hydrogen-bond donors (Lipinski definition) is 1. The maximum Gasteiger partial charge on any atom is 0.462 e. The van der Waals surface area contributed by atoms with Crippen LogP contribution in [0, 0.1) is 10.1 Å². The van der Waals surface area contributed by atoms with Crippen LogP contribution in [0.3, 0.4) is 0 Å². The molecule has 0 aliphatic carbocycles. The topological polar surface area (TPSA) is 81.5 Å². The number of amides is 1. The molecule has 17 heteroatoms. The molecular formula is C12H5F11N2O4. The lowest BCUT2D eigenvalue weighted by Gasteiger charge is -2.34. The van der Waals surface area contributed by atoms with Crippen molar-refractivity contribution in [3.05, 3.63) is 34.4 Å². The second kappa shape index (κ2) is 7.27. The smallest absolute Gasteiger partial charge is 0.321 e. The third-order valence-corrected chi connectivity index (χ3v) is 2.96. The van der Waals surface area contributed by atoms with Gasteiger partial charge in [-0.25, -0.2) is 0 Å². The molecule has 1 rings (SSSR count). The van der Waals surface area contributed by atoms with Gasteiger partial charge in [-0.3, -0.25) is 19.6 Å². The lowest BCUT2D eigenvalue weighted by Crippen LogP contribution is -2.62. The summed E-state index contributed by atoms with van der Waals surface area (Å²) in [6.45, 7) is 0. The fourth-order valence-corrected chi connectivity index (χ4v) is 1.55. The SMILES string of the molecule is O=C(Nc1cccc([N+](=O)[O-])c1)[C@](F)(OC(F)(F)C(F)(F)C(F)(F)F)C(F)(F)F. The Morgan fingerprint density at radius 1 is 0.931 bits per heavy atom. The number of anilines is 1. The summed E-state index contributed by atoms with van der Waals surface area (Å²) in [4.78, 5) is 20.8. The summed E-state index contributed by atoms with van der Waals surface area (Å²) in [5.74, 6) is -17.0. The van der Waals surface area contributed by atoms with E-state index in [1.165, 1.54) is 0 Å². The van der Waals surface area contributed by atoms with E-state index in [2.05, 4.69) is 4.74 Å². The zero-order chi connectivity index (χ0) is 23.1. The van der Waals surface area contributed by atoms with Crippen molar-refractivity contribution in [2.75, 3.05) is 5.32 Å². The molecule has 0 spiro atoms. The number of nitrogens with one attached hydrogen (secondary N) is 1. The van der Waals surface area contributed by atoms with Gasteiger partial charge in [0.05, 0.1) is 4.92 Å². The second-order valence-corrected chi connectivity index (χ2v) is 5.05. The number of hydrogen-bond acceptors (Lipinski definition) is 4. The molecule has 29 heavy (non-hydrogen) atoms. The Kier molecular flexibility index (Phi) is 6.10. The normalized spacial score (nSPS) is 15.6. The summed E-state index contributed by atoms with van der Waals surface area (Å²) in [6, 6.07) is 2.35. The van der Waals surface area contributed by atoms with Crippen LogP contribution < -0.4 is 5.32 Å². The molecule has 1 aromatic rings. The monoisotopic (exact) mass is 450 g/mol. The number of non-ortho nitro benzene ring substituents is 1. The maximum atomic E-state index is 14.0. The Hall–Kier alpha value is -2.72. The fraction of sp³-hybridized carbons (Fsp3) is 0.417. The minimum Gasteiger partial charge on any atom is -0.321 e. The Labute approximate surface area is 151 Å². The van der Waals surface area contributed by atoms with Crippen molar-refractivity contribution in [2.24, 2.45) is 0 Å². The number of benzene rings is 1. The van der Waals surface area contributed by atoms with Crippen LogP contribution in [0.25, 0.3) is 0 Å². The highest BCUT2D eigenvalue weighted by atomic mass is 19.4. The molecule has 0 radical (unpaired) electrons. The molecule has 1 N–H and O–H groups in total. The summed E-state index contributed by atoms with van der Waals surface area (Å²) in [7, 11) is 0. The third kappa shape index (κ3) is 4.65. The number of carbonyl (C=O) groups excluding carboxylic acids is 1. The first-order valence-electron chi connectivity index (χ1n) is 6.60. The molecule has 0 aliphatic heterocycles. The van der Waals surface area contributed by atoms with E-state index in [4.69, 9.17) is 0 Å². The van der Waals surface area contributed by atoms with Crippen LogP contribution in [-0.2, 0) is 9.53 Å². The highest BCUT2D eigenvalue weighted by Gasteiger charge is 2.79. The van der Waals surface area contributed by atoms with E-state index in [0.29, 0.717) is 12.1 Å². The average molecular weight is 450 g/mol. The first-order valence-corrected chi connectivity index (χ1v) is 6.60. The predicted octanol–water partition coefficient (Wildman–Crippen LogP) is 4.57. The molecule has 1 atom stereocenters. The predicted molar refractivity (Wildman–Crippen MR) is 68.7 cm³/mol. The number of nitrogens with zero attached hydrogens (tertiary/aromatic N) is 1. The molecule has 0 bridgehead atoms. The molecule has 1 aromatic carbocycles. The molecule has 0 aliphatic rings. The number of ether oxygens (including phenoxy) is 1. The van der Waals surface area contributed by atoms with Crippen molar-refractivity contribution in [2.45, 2.75) is 30.2 Å². The summed E-state index contributed by atoms with van der Waals surface area (Å²) < 4.78 is 142. The van der Waals surface area contributed by atoms with E-state index >= 15 is 0 Å². The number of halogens is 11. The first kappa shape index (κ1) is 24.3. The summed E-state index contributed by atoms with van der Waals surface area (Å²) in [5, 5.41) is 11.4. The van der Waals surface area contributed by atoms with Crippen LogP contribution >= 0.6 is 0 Å². The third-order valence-electron chi connectivity index (χ3n) is 2.96. The fourth-order valence-electron chi connectivity index (χ4n) is 1.55. The molecule has 0 unspecified atom stereocenters. The zero-order valence-corrected chi connectivity index (χ0v) is 13.0. The van der Waals surface area contributed by atoms with E-state index in [1.54, 1.807) is 0 Å². The molecular weight excluding hydrogens is 445 g/mol. The van der Waals surface area contributed by atoms with Gasteiger partial charge in [0.25, 0.3) is 11.6 Å². The lowest BCUT2D eigenvalue weighted by atomic mass is 10.2. The standard InChI is InChI=1S/C12H5F11N2O4/c13-8(10(16,17)18,29-12(22,23)9(14,15)11(19,20)21)7(26)24-5-2-1-3-6(4-5)25(27)28/h1-4H,(H,24,26)/t8-/m0/s1. The molecule has 0 fully saturated rings. The highest BCUT2D eigenvalue weighted by Crippen LogP contribution is 2.51. The van der Waals surface area contributed by atoms with Gasteiger partial charge in [0.2, 0.25) is 0 Å². The quantitative estimate of drug-likeness (QED) is 0.391. The van der Waals surface area contributed by atoms with E-state index in [1.807, 2.05) is 0 Å². The summed E-state index contributed by atoms with van der Waals surface area (Å²) in [6.07, 6.45) is -21.2. The molecule has 1 amide bonds. The van der Waals surface area contributed by atoms with Gasteiger partial charge >= 0.3 is 30.2 Å². The Bertz CT molecular complexity index is 793. The van der Waals surface area contributed by atoms with E-state index in [0.717, 1.165) is 17.4 Å². The minimum absolute atomic E-state index is 0.303. The average Bonchev–Trinajstić information content (AvgIpc) is 2.52. The first-order chi connectivity index (χ1) is 12.8.